The average Bonchev–Trinajstić information content (AvgIpc) is 2.54. The molecule has 0 aliphatic carbocycles. The van der Waals surface area contributed by atoms with E-state index in [9.17, 15) is 4.79 Å². The quantitative estimate of drug-likeness (QED) is 0.872. The van der Waals surface area contributed by atoms with E-state index in [4.69, 9.17) is 0 Å². The molecular weight excluding hydrogens is 340 g/mol. The van der Waals surface area contributed by atoms with Gasteiger partial charge in [-0.3, -0.25) is 4.79 Å². The van der Waals surface area contributed by atoms with Crippen LogP contribution in [0.5, 0.6) is 0 Å². The van der Waals surface area contributed by atoms with Gasteiger partial charge in [0.15, 0.2) is 6.04 Å². The van der Waals surface area contributed by atoms with Crippen LogP contribution >= 0.6 is 15.9 Å². The Kier molecular flexibility index (Phi) is 5.75. The lowest BCUT2D eigenvalue weighted by molar-refractivity contribution is -0.710. The predicted octanol–water partition coefficient (Wildman–Crippen LogP) is 3.13. The number of halogens is 1. The van der Waals surface area contributed by atoms with Gasteiger partial charge in [-0.05, 0) is 38.1 Å². The number of rotatable bonds is 5. The molecule has 0 aliphatic rings. The zero-order valence-corrected chi connectivity index (χ0v) is 14.7. The van der Waals surface area contributed by atoms with Crippen molar-refractivity contribution in [2.24, 2.45) is 0 Å². The van der Waals surface area contributed by atoms with Crippen molar-refractivity contribution in [3.8, 4) is 0 Å². The van der Waals surface area contributed by atoms with Gasteiger partial charge in [-0.1, -0.05) is 46.3 Å². The molecule has 1 amide bonds. The highest BCUT2D eigenvalue weighted by Crippen LogP contribution is 2.15. The fourth-order valence-electron chi connectivity index (χ4n) is 2.48. The number of nitrogens with two attached hydrogens (primary N) is 1. The molecule has 0 fully saturated rings. The molecule has 22 heavy (non-hydrogen) atoms. The third-order valence-corrected chi connectivity index (χ3v) is 4.37. The molecule has 0 saturated carbocycles. The van der Waals surface area contributed by atoms with Crippen LogP contribution in [0.25, 0.3) is 0 Å². The zero-order chi connectivity index (χ0) is 16.1. The van der Waals surface area contributed by atoms with Crippen molar-refractivity contribution in [2.75, 3.05) is 11.9 Å². The minimum atomic E-state index is -0.135. The number of benzene rings is 2. The van der Waals surface area contributed by atoms with Crippen molar-refractivity contribution in [3.63, 3.8) is 0 Å². The van der Waals surface area contributed by atoms with E-state index >= 15 is 0 Å². The number of carbonyl (C=O) groups is 1. The Labute approximate surface area is 140 Å². The monoisotopic (exact) mass is 361 g/mol. The summed E-state index contributed by atoms with van der Waals surface area (Å²) in [5, 5.41) is 2.10. The molecule has 0 aliphatic heterocycles. The van der Waals surface area contributed by atoms with Gasteiger partial charge in [-0.15, -0.1) is 0 Å². The Hall–Kier alpha value is -1.65. The second kappa shape index (κ2) is 7.56. The lowest BCUT2D eigenvalue weighted by Gasteiger charge is -2.22. The smallest absolute Gasteiger partial charge is 0.284 e. The van der Waals surface area contributed by atoms with Gasteiger partial charge in [0, 0.05) is 22.8 Å². The Balaban J connectivity index is 2.00. The number of likely N-dealkylation sites (N-methyl/N-ethyl adjacent to an activating group) is 1. The minimum Gasteiger partial charge on any atom is -0.330 e. The highest BCUT2D eigenvalue weighted by molar-refractivity contribution is 9.10. The van der Waals surface area contributed by atoms with Crippen molar-refractivity contribution in [1.29, 1.82) is 0 Å². The number of para-hydroxylation sites is 1. The molecule has 0 radical (unpaired) electrons. The lowest BCUT2D eigenvalue weighted by atomic mass is 10.1. The summed E-state index contributed by atoms with van der Waals surface area (Å²) in [5.74, 6) is 0.107. The number of hydrogen-bond acceptors (Lipinski definition) is 1. The summed E-state index contributed by atoms with van der Waals surface area (Å²) in [6.45, 7) is 4.08. The molecule has 3 nitrogen and oxygen atoms in total. The molecule has 0 heterocycles. The van der Waals surface area contributed by atoms with E-state index < -0.39 is 0 Å². The van der Waals surface area contributed by atoms with Gasteiger partial charge >= 0.3 is 0 Å². The summed E-state index contributed by atoms with van der Waals surface area (Å²) in [6, 6.07) is 18.1. The molecule has 2 N–H and O–H groups in total. The van der Waals surface area contributed by atoms with E-state index in [1.165, 1.54) is 5.56 Å². The summed E-state index contributed by atoms with van der Waals surface area (Å²) in [5.41, 5.74) is 2.13. The van der Waals surface area contributed by atoms with Crippen molar-refractivity contribution < 1.29 is 10.1 Å². The largest absolute Gasteiger partial charge is 0.330 e. The zero-order valence-electron chi connectivity index (χ0n) is 13.2. The fraction of sp³-hybridized carbons (Fsp3) is 0.278. The molecule has 2 aromatic rings. The maximum absolute atomic E-state index is 12.6. The molecule has 4 heteroatoms. The van der Waals surface area contributed by atoms with E-state index in [0.29, 0.717) is 0 Å². The van der Waals surface area contributed by atoms with Crippen molar-refractivity contribution >= 4 is 27.5 Å². The number of quaternary nitrogens is 1. The molecule has 0 bridgehead atoms. The molecule has 116 valence electrons. The molecule has 2 atom stereocenters. The van der Waals surface area contributed by atoms with E-state index in [1.54, 1.807) is 4.90 Å². The van der Waals surface area contributed by atoms with Gasteiger partial charge in [0.2, 0.25) is 0 Å². The highest BCUT2D eigenvalue weighted by atomic mass is 79.9. The van der Waals surface area contributed by atoms with Gasteiger partial charge in [-0.25, -0.2) is 0 Å². The number of carbonyl (C=O) groups excluding carboxylic acids is 1. The summed E-state index contributed by atoms with van der Waals surface area (Å²) in [7, 11) is 1.83. The number of hydrogen-bond donors (Lipinski definition) is 1. The van der Waals surface area contributed by atoms with Crippen molar-refractivity contribution in [3.05, 3.63) is 64.6 Å². The number of amides is 1. The van der Waals surface area contributed by atoms with E-state index in [-0.39, 0.29) is 18.0 Å². The van der Waals surface area contributed by atoms with Gasteiger partial charge in [0.05, 0.1) is 0 Å². The second-order valence-electron chi connectivity index (χ2n) is 5.55. The third-order valence-electron chi connectivity index (χ3n) is 3.84. The van der Waals surface area contributed by atoms with E-state index in [0.717, 1.165) is 10.2 Å². The van der Waals surface area contributed by atoms with Crippen LogP contribution in [0.4, 0.5) is 5.69 Å². The molecule has 0 aromatic heterocycles. The fourth-order valence-corrected chi connectivity index (χ4v) is 2.74. The summed E-state index contributed by atoms with van der Waals surface area (Å²) in [6.07, 6.45) is 0. The first kappa shape index (κ1) is 16.7. The molecule has 0 spiro atoms. The first-order valence-electron chi connectivity index (χ1n) is 7.42. The first-order valence-corrected chi connectivity index (χ1v) is 8.21. The van der Waals surface area contributed by atoms with Crippen LogP contribution in [0.2, 0.25) is 0 Å². The van der Waals surface area contributed by atoms with E-state index in [1.807, 2.05) is 56.4 Å². The predicted molar refractivity (Wildman–Crippen MR) is 93.8 cm³/mol. The normalized spacial score (nSPS) is 13.5. The van der Waals surface area contributed by atoms with Crippen LogP contribution in [0.1, 0.15) is 25.5 Å². The Morgan fingerprint density at radius 2 is 1.64 bits per heavy atom. The van der Waals surface area contributed by atoms with Crippen LogP contribution in [-0.2, 0) is 4.79 Å². The van der Waals surface area contributed by atoms with Crippen molar-refractivity contribution in [1.82, 2.24) is 0 Å². The SMILES string of the molecule is C[C@H]([NH2+][C@@H](C)c1ccc(Br)cc1)C(=O)N(C)c1ccccc1. The van der Waals surface area contributed by atoms with Crippen LogP contribution in [0.3, 0.4) is 0 Å². The first-order chi connectivity index (χ1) is 10.5. The lowest BCUT2D eigenvalue weighted by Crippen LogP contribution is -2.92. The van der Waals surface area contributed by atoms with Crippen molar-refractivity contribution in [2.45, 2.75) is 25.9 Å². The molecule has 2 rings (SSSR count). The van der Waals surface area contributed by atoms with Gasteiger partial charge < -0.3 is 10.2 Å². The summed E-state index contributed by atoms with van der Waals surface area (Å²) in [4.78, 5) is 14.3. The minimum absolute atomic E-state index is 0.107. The molecule has 0 unspecified atom stereocenters. The van der Waals surface area contributed by atoms with Gasteiger partial charge in [-0.2, -0.15) is 0 Å². The highest BCUT2D eigenvalue weighted by Gasteiger charge is 2.24. The summed E-state index contributed by atoms with van der Waals surface area (Å²) >= 11 is 3.44. The Morgan fingerprint density at radius 1 is 1.05 bits per heavy atom. The second-order valence-corrected chi connectivity index (χ2v) is 6.47. The third kappa shape index (κ3) is 4.18. The van der Waals surface area contributed by atoms with Crippen LogP contribution in [0, 0.1) is 0 Å². The summed E-state index contributed by atoms with van der Waals surface area (Å²) < 4.78 is 1.07. The molecule has 0 saturated heterocycles. The molecule has 2 aromatic carbocycles. The molecular formula is C18H22BrN2O+. The van der Waals surface area contributed by atoms with Gasteiger partial charge in [0.25, 0.3) is 5.91 Å². The topological polar surface area (TPSA) is 36.9 Å². The van der Waals surface area contributed by atoms with Crippen LogP contribution in [0.15, 0.2) is 59.1 Å². The standard InChI is InChI=1S/C18H21BrN2O/c1-13(15-9-11-16(19)12-10-15)20-14(2)18(22)21(3)17-7-5-4-6-8-17/h4-14,20H,1-3H3/p+1/t13-,14-/m0/s1. The maximum atomic E-state index is 12.6. The van der Waals surface area contributed by atoms with Crippen LogP contribution < -0.4 is 10.2 Å². The maximum Gasteiger partial charge on any atom is 0.284 e. The number of anilines is 1. The van der Waals surface area contributed by atoms with E-state index in [2.05, 4.69) is 40.3 Å². The Bertz CT molecular complexity index is 613. The average molecular weight is 362 g/mol. The Morgan fingerprint density at radius 3 is 2.23 bits per heavy atom. The van der Waals surface area contributed by atoms with Crippen LogP contribution in [-0.4, -0.2) is 19.0 Å². The van der Waals surface area contributed by atoms with Gasteiger partial charge in [0.1, 0.15) is 6.04 Å². The number of nitrogens with zero attached hydrogens (tertiary/aromatic N) is 1.